The summed E-state index contributed by atoms with van der Waals surface area (Å²) >= 11 is 6.30. The van der Waals surface area contributed by atoms with Crippen LogP contribution in [0.3, 0.4) is 0 Å². The van der Waals surface area contributed by atoms with Gasteiger partial charge in [0, 0.05) is 5.70 Å². The minimum atomic E-state index is -0.784. The smallest absolute Gasteiger partial charge is 0.338 e. The maximum Gasteiger partial charge on any atom is 0.338 e. The Morgan fingerprint density at radius 2 is 1.90 bits per heavy atom. The number of benzene rings is 2. The number of nitrogens with zero attached hydrogens (tertiary/aromatic N) is 1. The summed E-state index contributed by atoms with van der Waals surface area (Å²) in [5.74, 6) is 2.50. The number of allylic oxidation sites excluding steroid dienone is 1. The SMILES string of the molecule is C#CCOc1c(Cl)cc(/C=N\NC(=O)COc2ccc([C@@H]3NC(=O)NC(C)=C3C(=O)OCC)cc2OC)cc1OCC. The van der Waals surface area contributed by atoms with Crippen LogP contribution in [0, 0.1) is 12.3 Å². The highest BCUT2D eigenvalue weighted by Gasteiger charge is 2.32. The molecule has 0 fully saturated rings. The van der Waals surface area contributed by atoms with Crippen molar-refractivity contribution in [2.45, 2.75) is 26.8 Å². The van der Waals surface area contributed by atoms with Gasteiger partial charge in [0.2, 0.25) is 0 Å². The van der Waals surface area contributed by atoms with Crippen molar-refractivity contribution in [3.63, 3.8) is 0 Å². The first kappa shape index (κ1) is 31.6. The van der Waals surface area contributed by atoms with Crippen LogP contribution in [0.1, 0.15) is 37.9 Å². The summed E-state index contributed by atoms with van der Waals surface area (Å²) < 4.78 is 27.2. The third kappa shape index (κ3) is 8.08. The molecule has 3 amide bonds. The molecule has 1 aliphatic heterocycles. The number of rotatable bonds is 13. The molecule has 0 saturated heterocycles. The third-order valence-electron chi connectivity index (χ3n) is 5.68. The predicted octanol–water partition coefficient (Wildman–Crippen LogP) is 3.48. The van der Waals surface area contributed by atoms with Crippen LogP contribution in [0.2, 0.25) is 5.02 Å². The molecule has 1 atom stereocenters. The van der Waals surface area contributed by atoms with Crippen LogP contribution in [0.4, 0.5) is 4.79 Å². The second-order valence-electron chi connectivity index (χ2n) is 8.54. The van der Waals surface area contributed by atoms with Crippen LogP contribution in [0.25, 0.3) is 0 Å². The van der Waals surface area contributed by atoms with Crippen molar-refractivity contribution < 1.29 is 38.1 Å². The van der Waals surface area contributed by atoms with E-state index in [9.17, 15) is 14.4 Å². The molecule has 0 bridgehead atoms. The first-order valence-electron chi connectivity index (χ1n) is 12.8. The molecule has 0 spiro atoms. The van der Waals surface area contributed by atoms with Crippen molar-refractivity contribution in [3.05, 3.63) is 57.8 Å². The van der Waals surface area contributed by atoms with E-state index in [1.807, 2.05) is 6.92 Å². The predicted molar refractivity (Wildman–Crippen MR) is 155 cm³/mol. The minimum Gasteiger partial charge on any atom is -0.493 e. The molecule has 2 aromatic rings. The summed E-state index contributed by atoms with van der Waals surface area (Å²) in [5.41, 5.74) is 4.10. The van der Waals surface area contributed by atoms with Crippen LogP contribution < -0.4 is 35.0 Å². The lowest BCUT2D eigenvalue weighted by molar-refractivity contribution is -0.139. The molecule has 2 aromatic carbocycles. The first-order chi connectivity index (χ1) is 20.2. The minimum absolute atomic E-state index is 0.0246. The van der Waals surface area contributed by atoms with Gasteiger partial charge in [0.05, 0.1) is 43.2 Å². The average molecular weight is 599 g/mol. The Morgan fingerprint density at radius 1 is 1.12 bits per heavy atom. The standard InChI is InChI=1S/C29H31ClN4O8/c1-6-11-41-27-20(30)12-18(13-23(27)39-7-2)15-31-34-24(35)16-42-21-10-9-19(14-22(21)38-5)26-25(28(36)40-8-3)17(4)32-29(37)33-26/h1,9-10,12-15,26H,7-8,11,16H2,2-5H3,(H,34,35)(H2,32,33,37)/b31-15-/t26-/m0/s1. The molecule has 12 nitrogen and oxygen atoms in total. The van der Waals surface area contributed by atoms with Crippen LogP contribution in [-0.2, 0) is 14.3 Å². The summed E-state index contributed by atoms with van der Waals surface area (Å²) in [6.45, 7) is 5.31. The van der Waals surface area contributed by atoms with Gasteiger partial charge in [0.15, 0.2) is 29.6 Å². The summed E-state index contributed by atoms with van der Waals surface area (Å²) in [4.78, 5) is 37.1. The fourth-order valence-electron chi connectivity index (χ4n) is 3.94. The van der Waals surface area contributed by atoms with Crippen molar-refractivity contribution in [2.75, 3.05) is 33.5 Å². The van der Waals surface area contributed by atoms with Gasteiger partial charge in [-0.3, -0.25) is 4.79 Å². The highest BCUT2D eigenvalue weighted by atomic mass is 35.5. The summed E-state index contributed by atoms with van der Waals surface area (Å²) in [7, 11) is 1.43. The van der Waals surface area contributed by atoms with Crippen LogP contribution in [0.15, 0.2) is 46.7 Å². The number of nitrogens with one attached hydrogen (secondary N) is 3. The fraction of sp³-hybridized carbons (Fsp3) is 0.310. The molecule has 3 N–H and O–H groups in total. The molecular formula is C29H31ClN4O8. The Hall–Kier alpha value is -4.89. The summed E-state index contributed by atoms with van der Waals surface area (Å²) in [6.07, 6.45) is 6.64. The van der Waals surface area contributed by atoms with Gasteiger partial charge in [-0.25, -0.2) is 15.0 Å². The number of halogens is 1. The number of hydrazone groups is 1. The number of carbonyl (C=O) groups excluding carboxylic acids is 3. The fourth-order valence-corrected chi connectivity index (χ4v) is 4.21. The lowest BCUT2D eigenvalue weighted by atomic mass is 9.95. The summed E-state index contributed by atoms with van der Waals surface area (Å²) in [5, 5.41) is 9.51. The number of ether oxygens (including phenoxy) is 5. The lowest BCUT2D eigenvalue weighted by Gasteiger charge is -2.28. The molecule has 0 aliphatic carbocycles. The van der Waals surface area contributed by atoms with Crippen LogP contribution in [0.5, 0.6) is 23.0 Å². The molecule has 0 saturated carbocycles. The monoisotopic (exact) mass is 598 g/mol. The normalized spacial score (nSPS) is 14.4. The Kier molecular flexibility index (Phi) is 11.5. The van der Waals surface area contributed by atoms with E-state index in [0.717, 1.165) is 0 Å². The van der Waals surface area contributed by atoms with Crippen molar-refractivity contribution in [3.8, 4) is 35.3 Å². The molecule has 13 heteroatoms. The van der Waals surface area contributed by atoms with Crippen molar-refractivity contribution >= 4 is 35.7 Å². The van der Waals surface area contributed by atoms with Crippen molar-refractivity contribution in [1.82, 2.24) is 16.1 Å². The summed E-state index contributed by atoms with van der Waals surface area (Å²) in [6, 6.07) is 6.80. The Labute approximate surface area is 248 Å². The highest BCUT2D eigenvalue weighted by Crippen LogP contribution is 2.37. The van der Waals surface area contributed by atoms with Gasteiger partial charge in [-0.2, -0.15) is 5.10 Å². The Balaban J connectivity index is 1.68. The van der Waals surface area contributed by atoms with Gasteiger partial charge in [-0.05, 0) is 56.2 Å². The lowest BCUT2D eigenvalue weighted by Crippen LogP contribution is -2.45. The number of carbonyl (C=O) groups is 3. The number of esters is 1. The number of methoxy groups -OCH3 is 1. The highest BCUT2D eigenvalue weighted by molar-refractivity contribution is 6.32. The maximum absolute atomic E-state index is 12.6. The van der Waals surface area contributed by atoms with Gasteiger partial charge < -0.3 is 34.3 Å². The number of terminal acetylenes is 1. The van der Waals surface area contributed by atoms with E-state index in [1.54, 1.807) is 44.2 Å². The molecule has 1 aliphatic rings. The molecule has 42 heavy (non-hydrogen) atoms. The second-order valence-corrected chi connectivity index (χ2v) is 8.95. The molecule has 222 valence electrons. The van der Waals surface area contributed by atoms with E-state index >= 15 is 0 Å². The van der Waals surface area contributed by atoms with Crippen molar-refractivity contribution in [2.24, 2.45) is 5.10 Å². The zero-order chi connectivity index (χ0) is 30.6. The largest absolute Gasteiger partial charge is 0.493 e. The first-order valence-corrected chi connectivity index (χ1v) is 13.2. The zero-order valence-electron chi connectivity index (χ0n) is 23.5. The van der Waals surface area contributed by atoms with E-state index in [4.69, 9.17) is 41.7 Å². The van der Waals surface area contributed by atoms with E-state index in [2.05, 4.69) is 27.1 Å². The molecular weight excluding hydrogens is 568 g/mol. The molecule has 0 aromatic heterocycles. The molecule has 0 unspecified atom stereocenters. The van der Waals surface area contributed by atoms with Gasteiger partial charge in [-0.1, -0.05) is 23.6 Å². The Morgan fingerprint density at radius 3 is 2.60 bits per heavy atom. The van der Waals surface area contributed by atoms with E-state index in [1.165, 1.54) is 13.3 Å². The number of hydrogen-bond donors (Lipinski definition) is 3. The van der Waals surface area contributed by atoms with E-state index in [-0.39, 0.29) is 41.9 Å². The van der Waals surface area contributed by atoms with Gasteiger partial charge in [0.25, 0.3) is 5.91 Å². The number of urea groups is 1. The van der Waals surface area contributed by atoms with E-state index in [0.29, 0.717) is 34.9 Å². The molecule has 0 radical (unpaired) electrons. The van der Waals surface area contributed by atoms with Gasteiger partial charge in [0.1, 0.15) is 6.61 Å². The van der Waals surface area contributed by atoms with Crippen LogP contribution in [-0.4, -0.2) is 57.7 Å². The number of amides is 3. The van der Waals surface area contributed by atoms with Gasteiger partial charge >= 0.3 is 12.0 Å². The van der Waals surface area contributed by atoms with Crippen molar-refractivity contribution in [1.29, 1.82) is 0 Å². The maximum atomic E-state index is 12.6. The molecule has 3 rings (SSSR count). The second kappa shape index (κ2) is 15.2. The van der Waals surface area contributed by atoms with Gasteiger partial charge in [-0.15, -0.1) is 6.42 Å². The average Bonchev–Trinajstić information content (AvgIpc) is 2.95. The molecule has 1 heterocycles. The Bertz CT molecular complexity index is 1430. The number of hydrogen-bond acceptors (Lipinski definition) is 9. The zero-order valence-corrected chi connectivity index (χ0v) is 24.3. The topological polar surface area (TPSA) is 146 Å². The van der Waals surface area contributed by atoms with E-state index < -0.39 is 23.9 Å². The quantitative estimate of drug-likeness (QED) is 0.137. The van der Waals surface area contributed by atoms with Crippen LogP contribution >= 0.6 is 11.6 Å². The third-order valence-corrected chi connectivity index (χ3v) is 5.96.